The fourth-order valence-electron chi connectivity index (χ4n) is 2.34. The zero-order valence-corrected chi connectivity index (χ0v) is 17.3. The molecule has 0 spiro atoms. The van der Waals surface area contributed by atoms with Gasteiger partial charge in [-0.15, -0.1) is 0 Å². The normalized spacial score (nSPS) is 15.2. The Hall–Kier alpha value is -0.180. The maximum absolute atomic E-state index is 12.0. The topological polar surface area (TPSA) is 83.8 Å². The third-order valence-electron chi connectivity index (χ3n) is 3.74. The molecule has 142 valence electrons. The Bertz CT molecular complexity index is 475. The first kappa shape index (κ1) is 23.8. The summed E-state index contributed by atoms with van der Waals surface area (Å²) in [5, 5.41) is -1.04. The van der Waals surface area contributed by atoms with Gasteiger partial charge in [0.2, 0.25) is 0 Å². The van der Waals surface area contributed by atoms with Crippen LogP contribution in [0.15, 0.2) is 23.3 Å². The Morgan fingerprint density at radius 2 is 1.83 bits per heavy atom. The van der Waals surface area contributed by atoms with Crippen molar-refractivity contribution in [3.8, 4) is 0 Å². The third-order valence-corrected chi connectivity index (χ3v) is 8.21. The van der Waals surface area contributed by atoms with E-state index < -0.39 is 20.8 Å². The molecule has 2 atom stereocenters. The number of rotatable bonds is 13. The van der Waals surface area contributed by atoms with Gasteiger partial charge in [0.05, 0.1) is 6.35 Å². The zero-order valence-electron chi connectivity index (χ0n) is 15.5. The summed E-state index contributed by atoms with van der Waals surface area (Å²) >= 11 is 0. The van der Waals surface area contributed by atoms with Crippen molar-refractivity contribution in [2.45, 2.75) is 71.6 Å². The Kier molecular flexibility index (Phi) is 13.0. The second-order valence-electron chi connectivity index (χ2n) is 6.36. The lowest BCUT2D eigenvalue weighted by atomic mass is 10.1. The van der Waals surface area contributed by atoms with Crippen LogP contribution in [0.25, 0.3) is 0 Å². The highest BCUT2D eigenvalue weighted by Crippen LogP contribution is 2.55. The molecule has 0 fully saturated rings. The number of unbranched alkanes of at least 4 members (excludes halogenated alkanes) is 2. The van der Waals surface area contributed by atoms with E-state index in [1.165, 1.54) is 11.1 Å². The van der Waals surface area contributed by atoms with E-state index >= 15 is 0 Å². The molecule has 0 amide bonds. The highest BCUT2D eigenvalue weighted by molar-refractivity contribution is 7.67. The molecular weight excluding hydrogens is 346 g/mol. The first-order valence-electron chi connectivity index (χ1n) is 8.63. The van der Waals surface area contributed by atoms with Crippen molar-refractivity contribution in [1.29, 1.82) is 0 Å². The number of allylic oxidation sites excluding steroid dienone is 4. The van der Waals surface area contributed by atoms with Crippen molar-refractivity contribution in [2.75, 3.05) is 13.0 Å². The van der Waals surface area contributed by atoms with Gasteiger partial charge in [-0.3, -0.25) is 4.57 Å². The smallest absolute Gasteiger partial charge is 0.335 e. The lowest BCUT2D eigenvalue weighted by molar-refractivity contribution is 0.193. The van der Waals surface area contributed by atoms with Crippen LogP contribution < -0.4 is 0 Å². The van der Waals surface area contributed by atoms with Gasteiger partial charge in [0.15, 0.2) is 0 Å². The van der Waals surface area contributed by atoms with Crippen LogP contribution in [0.1, 0.15) is 66.2 Å². The summed E-state index contributed by atoms with van der Waals surface area (Å²) in [6.07, 6.45) is 9.15. The largest absolute Gasteiger partial charge is 0.374 e. The number of ether oxygens (including phenoxy) is 1. The standard InChI is InChI=1S/C17H34O5P2/c1-5-22-14-23(18)17(24(19,20)21)13-8-6-7-11-16(4)12-9-10-15(2)3/h10-11,17,23H,5-9,12-14H2,1-4H3,(H2,19,20,21)/b16-11+. The van der Waals surface area contributed by atoms with Crippen LogP contribution >= 0.6 is 15.4 Å². The Labute approximate surface area is 147 Å². The summed E-state index contributed by atoms with van der Waals surface area (Å²) < 4.78 is 28.6. The molecule has 0 bridgehead atoms. The van der Waals surface area contributed by atoms with Crippen LogP contribution in [-0.4, -0.2) is 28.1 Å². The van der Waals surface area contributed by atoms with Crippen LogP contribution in [0.4, 0.5) is 0 Å². The maximum atomic E-state index is 12.0. The van der Waals surface area contributed by atoms with Crippen molar-refractivity contribution in [3.05, 3.63) is 23.3 Å². The van der Waals surface area contributed by atoms with Gasteiger partial charge in [0.1, 0.15) is 13.2 Å². The van der Waals surface area contributed by atoms with Gasteiger partial charge in [0, 0.05) is 6.61 Å². The lowest BCUT2D eigenvalue weighted by Crippen LogP contribution is -2.06. The lowest BCUT2D eigenvalue weighted by Gasteiger charge is -2.18. The van der Waals surface area contributed by atoms with E-state index in [2.05, 4.69) is 32.9 Å². The molecule has 0 saturated carbocycles. The van der Waals surface area contributed by atoms with Crippen LogP contribution in [0, 0.1) is 0 Å². The molecule has 2 unspecified atom stereocenters. The van der Waals surface area contributed by atoms with E-state index in [0.717, 1.165) is 25.7 Å². The molecule has 0 rings (SSSR count). The molecule has 7 heteroatoms. The molecule has 5 nitrogen and oxygen atoms in total. The molecule has 24 heavy (non-hydrogen) atoms. The SMILES string of the molecule is CCOC[PH](=O)C(CCCC/C=C(\C)CCC=C(C)C)P(=O)(O)O. The van der Waals surface area contributed by atoms with Gasteiger partial charge >= 0.3 is 7.60 Å². The summed E-state index contributed by atoms with van der Waals surface area (Å²) in [7, 11) is -6.76. The van der Waals surface area contributed by atoms with E-state index in [1.807, 2.05) is 0 Å². The summed E-state index contributed by atoms with van der Waals surface area (Å²) in [6.45, 7) is 8.47. The van der Waals surface area contributed by atoms with Crippen LogP contribution in [0.3, 0.4) is 0 Å². The average molecular weight is 380 g/mol. The monoisotopic (exact) mass is 380 g/mol. The predicted molar refractivity (Wildman–Crippen MR) is 102 cm³/mol. The molecule has 0 heterocycles. The molecule has 0 aromatic carbocycles. The van der Waals surface area contributed by atoms with Crippen molar-refractivity contribution in [1.82, 2.24) is 0 Å². The summed E-state index contributed by atoms with van der Waals surface area (Å²) in [4.78, 5) is 18.8. The summed E-state index contributed by atoms with van der Waals surface area (Å²) in [5.74, 6) is 0. The first-order valence-corrected chi connectivity index (χ1v) is 12.0. The molecule has 0 aliphatic rings. The van der Waals surface area contributed by atoms with Crippen LogP contribution in [0.2, 0.25) is 0 Å². The zero-order chi connectivity index (χ0) is 18.6. The van der Waals surface area contributed by atoms with E-state index in [9.17, 15) is 18.9 Å². The highest BCUT2D eigenvalue weighted by atomic mass is 31.2. The molecule has 0 aromatic heterocycles. The average Bonchev–Trinajstić information content (AvgIpc) is 2.46. The number of hydrogen-bond donors (Lipinski definition) is 2. The Morgan fingerprint density at radius 1 is 1.17 bits per heavy atom. The minimum absolute atomic E-state index is 0.0414. The van der Waals surface area contributed by atoms with E-state index in [1.54, 1.807) is 6.92 Å². The molecular formula is C17H34O5P2. The van der Waals surface area contributed by atoms with E-state index in [0.29, 0.717) is 19.4 Å². The van der Waals surface area contributed by atoms with Gasteiger partial charge in [-0.25, -0.2) is 0 Å². The first-order chi connectivity index (χ1) is 11.2. The summed E-state index contributed by atoms with van der Waals surface area (Å²) in [6, 6.07) is 0. The molecule has 0 aromatic rings. The van der Waals surface area contributed by atoms with Crippen molar-refractivity contribution in [2.24, 2.45) is 0 Å². The highest BCUT2D eigenvalue weighted by Gasteiger charge is 2.33. The van der Waals surface area contributed by atoms with Crippen molar-refractivity contribution in [3.63, 3.8) is 0 Å². The van der Waals surface area contributed by atoms with Crippen molar-refractivity contribution < 1.29 is 23.7 Å². The maximum Gasteiger partial charge on any atom is 0.335 e. The second-order valence-corrected chi connectivity index (χ2v) is 10.6. The third kappa shape index (κ3) is 12.2. The summed E-state index contributed by atoms with van der Waals surface area (Å²) in [5.41, 5.74) is 2.66. The molecule has 0 aliphatic heterocycles. The molecule has 0 radical (unpaired) electrons. The van der Waals surface area contributed by atoms with Crippen LogP contribution in [0.5, 0.6) is 0 Å². The van der Waals surface area contributed by atoms with Gasteiger partial charge in [-0.2, -0.15) is 0 Å². The van der Waals surface area contributed by atoms with Crippen LogP contribution in [-0.2, 0) is 13.9 Å². The molecule has 2 N–H and O–H groups in total. The second kappa shape index (κ2) is 13.1. The van der Waals surface area contributed by atoms with Gasteiger partial charge in [-0.1, -0.05) is 29.7 Å². The van der Waals surface area contributed by atoms with Gasteiger partial charge < -0.3 is 19.1 Å². The minimum Gasteiger partial charge on any atom is -0.374 e. The van der Waals surface area contributed by atoms with E-state index in [-0.39, 0.29) is 6.35 Å². The molecule has 0 aliphatic carbocycles. The van der Waals surface area contributed by atoms with Gasteiger partial charge in [0.25, 0.3) is 0 Å². The van der Waals surface area contributed by atoms with E-state index in [4.69, 9.17) is 4.74 Å². The Morgan fingerprint density at radius 3 is 2.38 bits per heavy atom. The quantitative estimate of drug-likeness (QED) is 0.257. The van der Waals surface area contributed by atoms with Crippen molar-refractivity contribution >= 4 is 15.4 Å². The predicted octanol–water partition coefficient (Wildman–Crippen LogP) is 5.30. The number of hydrogen-bond acceptors (Lipinski definition) is 3. The van der Waals surface area contributed by atoms with Gasteiger partial charge in [-0.05, 0) is 59.8 Å². The minimum atomic E-state index is -4.33. The fraction of sp³-hybridized carbons (Fsp3) is 0.765. The Balaban J connectivity index is 4.22. The fourth-order valence-corrected chi connectivity index (χ4v) is 5.70. The molecule has 0 saturated heterocycles.